The highest BCUT2D eigenvalue weighted by molar-refractivity contribution is 5.82. The van der Waals surface area contributed by atoms with Crippen LogP contribution < -0.4 is 4.90 Å². The quantitative estimate of drug-likeness (QED) is 0.191. The van der Waals surface area contributed by atoms with E-state index in [1.165, 1.54) is 26.2 Å². The van der Waals surface area contributed by atoms with Gasteiger partial charge in [-0.1, -0.05) is 6.92 Å². The van der Waals surface area contributed by atoms with Gasteiger partial charge < -0.3 is 19.3 Å². The van der Waals surface area contributed by atoms with Crippen molar-refractivity contribution in [3.8, 4) is 11.1 Å². The number of halogens is 6. The molecule has 3 aliphatic rings. The van der Waals surface area contributed by atoms with Crippen LogP contribution in [0.4, 0.5) is 37.1 Å². The van der Waals surface area contributed by atoms with Crippen LogP contribution in [0.5, 0.6) is 0 Å². The third kappa shape index (κ3) is 6.53. The number of aryl methyl sites for hydroxylation is 1. The number of alkyl halides is 6. The Labute approximate surface area is 278 Å². The molecule has 3 fully saturated rings. The average molecular weight is 695 g/mol. The largest absolute Gasteiger partial charge is 0.463 e. The van der Waals surface area contributed by atoms with Crippen LogP contribution in [0.3, 0.4) is 0 Å². The molecule has 10 nitrogen and oxygen atoms in total. The third-order valence-electron chi connectivity index (χ3n) is 9.87. The van der Waals surface area contributed by atoms with Crippen molar-refractivity contribution < 1.29 is 45.4 Å². The molecule has 0 N–H and O–H groups in total. The number of rotatable bonds is 8. The third-order valence-corrected chi connectivity index (χ3v) is 9.87. The second kappa shape index (κ2) is 11.6. The summed E-state index contributed by atoms with van der Waals surface area (Å²) in [5.41, 5.74) is -4.40. The van der Waals surface area contributed by atoms with Crippen LogP contribution in [0.15, 0.2) is 43.0 Å². The molecule has 49 heavy (non-hydrogen) atoms. The number of carbonyl (C=O) groups excluding carboxylic acids is 2. The summed E-state index contributed by atoms with van der Waals surface area (Å²) in [7, 11) is 1.74. The smallest absolute Gasteiger partial charge is 0.416 e. The molecule has 2 aromatic heterocycles. The first-order chi connectivity index (χ1) is 22.8. The lowest BCUT2D eigenvalue weighted by molar-refractivity contribution is -0.162. The molecular formula is C33H36F6N6O4. The molecule has 2 spiro atoms. The van der Waals surface area contributed by atoms with Gasteiger partial charge in [-0.2, -0.15) is 31.4 Å². The Kier molecular flexibility index (Phi) is 8.17. The predicted octanol–water partition coefficient (Wildman–Crippen LogP) is 6.64. The van der Waals surface area contributed by atoms with E-state index in [0.717, 1.165) is 5.56 Å². The van der Waals surface area contributed by atoms with Gasteiger partial charge in [0, 0.05) is 66.9 Å². The summed E-state index contributed by atoms with van der Waals surface area (Å²) in [6, 6.07) is 1.09. The number of amides is 1. The van der Waals surface area contributed by atoms with Gasteiger partial charge in [-0.3, -0.25) is 4.68 Å². The van der Waals surface area contributed by atoms with Crippen LogP contribution in [0.2, 0.25) is 0 Å². The van der Waals surface area contributed by atoms with Crippen molar-refractivity contribution >= 4 is 18.0 Å². The molecule has 1 aliphatic heterocycles. The zero-order chi connectivity index (χ0) is 35.7. The Morgan fingerprint density at radius 1 is 0.980 bits per heavy atom. The molecule has 3 aromatic rings. The highest BCUT2D eigenvalue weighted by Crippen LogP contribution is 2.69. The van der Waals surface area contributed by atoms with Crippen LogP contribution in [0.1, 0.15) is 63.6 Å². The van der Waals surface area contributed by atoms with Gasteiger partial charge in [-0.15, -0.1) is 0 Å². The minimum absolute atomic E-state index is 0.0993. The monoisotopic (exact) mass is 694 g/mol. The highest BCUT2D eigenvalue weighted by atomic mass is 19.4. The van der Waals surface area contributed by atoms with Crippen molar-refractivity contribution in [2.45, 2.75) is 83.0 Å². The van der Waals surface area contributed by atoms with Crippen molar-refractivity contribution in [1.82, 2.24) is 24.6 Å². The van der Waals surface area contributed by atoms with Gasteiger partial charge in [-0.25, -0.2) is 19.6 Å². The number of hydrogen-bond acceptors (Lipinski definition) is 8. The maximum absolute atomic E-state index is 13.8. The number of carbonyl (C=O) groups is 2. The van der Waals surface area contributed by atoms with E-state index in [4.69, 9.17) is 9.47 Å². The van der Waals surface area contributed by atoms with E-state index in [1.54, 1.807) is 40.8 Å². The molecule has 2 aliphatic carbocycles. The first-order valence-electron chi connectivity index (χ1n) is 15.8. The lowest BCUT2D eigenvalue weighted by atomic mass is 9.98. The van der Waals surface area contributed by atoms with E-state index in [9.17, 15) is 35.9 Å². The molecule has 16 heteroatoms. The van der Waals surface area contributed by atoms with Crippen LogP contribution in [0.25, 0.3) is 11.1 Å². The van der Waals surface area contributed by atoms with E-state index in [-0.39, 0.29) is 43.2 Å². The zero-order valence-electron chi connectivity index (χ0n) is 27.5. The molecule has 1 saturated heterocycles. The van der Waals surface area contributed by atoms with Crippen molar-refractivity contribution in [3.63, 3.8) is 0 Å². The predicted molar refractivity (Wildman–Crippen MR) is 163 cm³/mol. The number of likely N-dealkylation sites (tertiary alicyclic amines) is 1. The zero-order valence-corrected chi connectivity index (χ0v) is 27.5. The van der Waals surface area contributed by atoms with Crippen LogP contribution in [-0.4, -0.2) is 67.0 Å². The molecule has 264 valence electrons. The van der Waals surface area contributed by atoms with Gasteiger partial charge in [0.05, 0.1) is 23.9 Å². The summed E-state index contributed by atoms with van der Waals surface area (Å²) in [5.74, 6) is -0.479. The standard InChI is InChI=1S/C33H36F6N6O4/c1-6-48-26(46)29(3,4)49-28(47)45-18-30(17-31(45)10-19(31)2)11-25(30)44(27-40-12-21(13-41-27)22-14-42-43(5)16-22)15-20-7-23(32(34,35)36)9-24(8-20)33(37,38)39/h7-9,12-14,16,19,25H,6,10-11,15,17-18H2,1-5H3/t19-,25?,30?,31?/m1/s1. The van der Waals surface area contributed by atoms with Crippen LogP contribution >= 0.6 is 0 Å². The number of aromatic nitrogens is 4. The Morgan fingerprint density at radius 3 is 2.10 bits per heavy atom. The molecule has 3 heterocycles. The second-order valence-corrected chi connectivity index (χ2v) is 13.9. The fourth-order valence-electron chi connectivity index (χ4n) is 7.14. The summed E-state index contributed by atoms with van der Waals surface area (Å²) in [6.07, 6.45) is -2.63. The molecule has 1 amide bonds. The van der Waals surface area contributed by atoms with Crippen molar-refractivity contribution in [2.75, 3.05) is 18.1 Å². The van der Waals surface area contributed by atoms with E-state index in [0.29, 0.717) is 37.0 Å². The summed E-state index contributed by atoms with van der Waals surface area (Å²) in [5, 5.41) is 4.14. The minimum Gasteiger partial charge on any atom is -0.463 e. The van der Waals surface area contributed by atoms with Gasteiger partial charge in [-0.05, 0) is 69.7 Å². The minimum atomic E-state index is -5.01. The summed E-state index contributed by atoms with van der Waals surface area (Å²) in [4.78, 5) is 38.3. The molecule has 3 unspecified atom stereocenters. The van der Waals surface area contributed by atoms with Crippen molar-refractivity contribution in [2.24, 2.45) is 18.4 Å². The fourth-order valence-corrected chi connectivity index (χ4v) is 7.14. The summed E-state index contributed by atoms with van der Waals surface area (Å²) >= 11 is 0. The maximum Gasteiger partial charge on any atom is 0.416 e. The number of benzene rings is 1. The Balaban J connectivity index is 1.33. The molecule has 4 atom stereocenters. The normalized spacial score (nSPS) is 24.8. The first kappa shape index (κ1) is 34.5. The average Bonchev–Trinajstić information content (AvgIpc) is 3.74. The SMILES string of the molecule is CCOC(=O)C(C)(C)OC(=O)N1CC2(CC2N(Cc2cc(C(F)(F)F)cc(C(F)(F)F)c2)c2ncc(-c3cnn(C)c3)cn2)CC12C[C@H]2C. The topological polar surface area (TPSA) is 103 Å². The lowest BCUT2D eigenvalue weighted by Crippen LogP contribution is -2.46. The number of hydrogen-bond donors (Lipinski definition) is 0. The van der Waals surface area contributed by atoms with E-state index >= 15 is 0 Å². The van der Waals surface area contributed by atoms with E-state index in [2.05, 4.69) is 15.1 Å². The summed E-state index contributed by atoms with van der Waals surface area (Å²) < 4.78 is 95.0. The maximum atomic E-state index is 13.8. The van der Waals surface area contributed by atoms with Gasteiger partial charge in [0.15, 0.2) is 0 Å². The van der Waals surface area contributed by atoms with Gasteiger partial charge in [0.2, 0.25) is 11.5 Å². The summed E-state index contributed by atoms with van der Waals surface area (Å²) in [6.45, 7) is 6.47. The van der Waals surface area contributed by atoms with Crippen molar-refractivity contribution in [1.29, 1.82) is 0 Å². The van der Waals surface area contributed by atoms with Crippen molar-refractivity contribution in [3.05, 3.63) is 59.7 Å². The molecule has 1 aromatic carbocycles. The van der Waals surface area contributed by atoms with Gasteiger partial charge in [0.25, 0.3) is 0 Å². The first-order valence-corrected chi connectivity index (χ1v) is 15.8. The number of ether oxygens (including phenoxy) is 2. The van der Waals surface area contributed by atoms with Gasteiger partial charge in [0.1, 0.15) is 0 Å². The fraction of sp³-hybridized carbons (Fsp3) is 0.545. The number of anilines is 1. The molecule has 2 saturated carbocycles. The van der Waals surface area contributed by atoms with E-state index in [1.807, 2.05) is 6.92 Å². The van der Waals surface area contributed by atoms with Gasteiger partial charge >= 0.3 is 24.4 Å². The van der Waals surface area contributed by atoms with Crippen LogP contribution in [0, 0.1) is 11.3 Å². The highest BCUT2D eigenvalue weighted by Gasteiger charge is 2.74. The Hall–Kier alpha value is -4.37. The Morgan fingerprint density at radius 2 is 1.59 bits per heavy atom. The molecule has 6 rings (SSSR count). The molecule has 0 radical (unpaired) electrons. The molecular weight excluding hydrogens is 658 g/mol. The lowest BCUT2D eigenvalue weighted by Gasteiger charge is -2.30. The number of esters is 1. The Bertz CT molecular complexity index is 1730. The number of nitrogens with zero attached hydrogens (tertiary/aromatic N) is 6. The van der Waals surface area contributed by atoms with E-state index < -0.39 is 58.1 Å². The second-order valence-electron chi connectivity index (χ2n) is 13.9. The molecule has 0 bridgehead atoms. The van der Waals surface area contributed by atoms with Crippen LogP contribution in [-0.2, 0) is 40.2 Å².